The molecule has 2 heterocycles. The molecule has 0 radical (unpaired) electrons. The van der Waals surface area contributed by atoms with Gasteiger partial charge in [0.25, 0.3) is 0 Å². The number of ether oxygens (including phenoxy) is 1. The van der Waals surface area contributed by atoms with Gasteiger partial charge in [0.2, 0.25) is 11.7 Å². The summed E-state index contributed by atoms with van der Waals surface area (Å²) in [5, 5.41) is 0. The Kier molecular flexibility index (Phi) is 5.64. The van der Waals surface area contributed by atoms with Gasteiger partial charge in [0, 0.05) is 17.7 Å². The van der Waals surface area contributed by atoms with Crippen molar-refractivity contribution in [2.24, 2.45) is 0 Å². The van der Waals surface area contributed by atoms with Crippen LogP contribution in [0.2, 0.25) is 0 Å². The molecule has 1 amide bonds. The number of Topliss-reactive ketones (excluding diaryl/α,β-unsaturated/α-hetero) is 1. The Bertz CT molecular complexity index is 1070. The largest absolute Gasteiger partial charge is 0.456 e. The number of nitrogens with zero attached hydrogens (tertiary/aromatic N) is 1. The molecule has 2 aliphatic heterocycles. The van der Waals surface area contributed by atoms with Crippen molar-refractivity contribution in [1.82, 2.24) is 4.90 Å². The Balaban J connectivity index is 1.49. The number of carbonyl (C=O) groups is 3. The molecular weight excluding hydrogens is 417 g/mol. The molecule has 31 heavy (non-hydrogen) atoms. The molecule has 0 unspecified atom stereocenters. The van der Waals surface area contributed by atoms with Crippen molar-refractivity contribution in [3.8, 4) is 0 Å². The van der Waals surface area contributed by atoms with E-state index in [4.69, 9.17) is 4.74 Å². The summed E-state index contributed by atoms with van der Waals surface area (Å²) in [5.74, 6) is -0.958. The van der Waals surface area contributed by atoms with E-state index in [1.807, 2.05) is 32.9 Å². The van der Waals surface area contributed by atoms with Crippen molar-refractivity contribution < 1.29 is 23.5 Å². The van der Waals surface area contributed by atoms with E-state index >= 15 is 0 Å². The molecule has 0 spiro atoms. The van der Waals surface area contributed by atoms with Crippen molar-refractivity contribution >= 4 is 29.4 Å². The normalized spacial score (nSPS) is 22.5. The minimum atomic E-state index is -0.765. The van der Waals surface area contributed by atoms with Crippen LogP contribution in [0.4, 0.5) is 4.39 Å². The van der Waals surface area contributed by atoms with Gasteiger partial charge >= 0.3 is 5.97 Å². The highest BCUT2D eigenvalue weighted by Crippen LogP contribution is 2.54. The van der Waals surface area contributed by atoms with Gasteiger partial charge in [0.05, 0.1) is 0 Å². The summed E-state index contributed by atoms with van der Waals surface area (Å²) in [5.41, 5.74) is 4.26. The van der Waals surface area contributed by atoms with Crippen LogP contribution in [0.5, 0.6) is 0 Å². The van der Waals surface area contributed by atoms with Crippen LogP contribution in [-0.4, -0.2) is 41.0 Å². The van der Waals surface area contributed by atoms with Gasteiger partial charge < -0.3 is 9.64 Å². The molecule has 0 aliphatic carbocycles. The maximum Gasteiger partial charge on any atom is 0.330 e. The fraction of sp³-hybridized carbons (Fsp3) is 0.375. The van der Waals surface area contributed by atoms with Gasteiger partial charge in [-0.2, -0.15) is 0 Å². The zero-order chi connectivity index (χ0) is 22.3. The maximum absolute atomic E-state index is 13.4. The summed E-state index contributed by atoms with van der Waals surface area (Å²) in [4.78, 5) is 39.1. The van der Waals surface area contributed by atoms with E-state index in [0.29, 0.717) is 24.2 Å². The topological polar surface area (TPSA) is 63.7 Å². The monoisotopic (exact) mass is 441 g/mol. The fourth-order valence-electron chi connectivity index (χ4n) is 4.40. The van der Waals surface area contributed by atoms with Crippen LogP contribution < -0.4 is 0 Å². The maximum atomic E-state index is 13.4. The first-order valence-electron chi connectivity index (χ1n) is 10.2. The van der Waals surface area contributed by atoms with Gasteiger partial charge in [0.15, 0.2) is 6.61 Å². The first kappa shape index (κ1) is 21.6. The second kappa shape index (κ2) is 8.11. The lowest BCUT2D eigenvalue weighted by atomic mass is 9.98. The SMILES string of the molecule is Cc1cc(C)c(C(=O)COC(=O)[C@@H]2CS[C@@]3(c4ccc(F)cc4)CCC(=O)N23)cc1C. The molecule has 2 atom stereocenters. The molecule has 2 aromatic rings. The number of carbonyl (C=O) groups excluding carboxylic acids is 3. The van der Waals surface area contributed by atoms with E-state index in [-0.39, 0.29) is 24.1 Å². The number of thioether (sulfide) groups is 1. The van der Waals surface area contributed by atoms with Crippen LogP contribution in [0.1, 0.15) is 45.5 Å². The molecule has 0 N–H and O–H groups in total. The molecule has 2 fully saturated rings. The Hall–Kier alpha value is -2.67. The van der Waals surface area contributed by atoms with Crippen LogP contribution in [0, 0.1) is 26.6 Å². The third-order valence-electron chi connectivity index (χ3n) is 6.18. The quantitative estimate of drug-likeness (QED) is 0.517. The third-order valence-corrected chi connectivity index (χ3v) is 7.78. The van der Waals surface area contributed by atoms with Crippen LogP contribution >= 0.6 is 11.8 Å². The van der Waals surface area contributed by atoms with Crippen molar-refractivity contribution in [1.29, 1.82) is 0 Å². The fourth-order valence-corrected chi connectivity index (χ4v) is 6.04. The van der Waals surface area contributed by atoms with Crippen molar-refractivity contribution in [2.75, 3.05) is 12.4 Å². The van der Waals surface area contributed by atoms with Gasteiger partial charge in [-0.1, -0.05) is 18.2 Å². The Morgan fingerprint density at radius 1 is 1.13 bits per heavy atom. The molecule has 162 valence electrons. The molecule has 0 saturated carbocycles. The van der Waals surface area contributed by atoms with E-state index in [1.54, 1.807) is 17.0 Å². The van der Waals surface area contributed by atoms with E-state index in [2.05, 4.69) is 0 Å². The predicted molar refractivity (Wildman–Crippen MR) is 116 cm³/mol. The highest BCUT2D eigenvalue weighted by molar-refractivity contribution is 8.00. The summed E-state index contributed by atoms with van der Waals surface area (Å²) < 4.78 is 18.8. The smallest absolute Gasteiger partial charge is 0.330 e. The zero-order valence-electron chi connectivity index (χ0n) is 17.7. The van der Waals surface area contributed by atoms with Crippen LogP contribution in [0.25, 0.3) is 0 Å². The number of hydrogen-bond donors (Lipinski definition) is 0. The Morgan fingerprint density at radius 3 is 2.52 bits per heavy atom. The first-order chi connectivity index (χ1) is 14.7. The number of ketones is 1. The molecule has 2 saturated heterocycles. The van der Waals surface area contributed by atoms with Gasteiger partial charge in [-0.15, -0.1) is 11.8 Å². The standard InChI is InChI=1S/C24H24FNO4S/c1-14-10-16(3)19(11-15(14)2)21(27)12-30-23(29)20-13-31-24(9-8-22(28)26(20)24)17-4-6-18(25)7-5-17/h4-7,10-11,20H,8-9,12-13H2,1-3H3/t20-,24+/m0/s1. The number of halogens is 1. The lowest BCUT2D eigenvalue weighted by Gasteiger charge is -2.33. The van der Waals surface area contributed by atoms with Crippen molar-refractivity contribution in [3.63, 3.8) is 0 Å². The molecule has 7 heteroatoms. The highest BCUT2D eigenvalue weighted by atomic mass is 32.2. The zero-order valence-corrected chi connectivity index (χ0v) is 18.6. The van der Waals surface area contributed by atoms with Crippen molar-refractivity contribution in [2.45, 2.75) is 44.5 Å². The van der Waals surface area contributed by atoms with E-state index in [9.17, 15) is 18.8 Å². The van der Waals surface area contributed by atoms with Gasteiger partial charge in [0.1, 0.15) is 16.7 Å². The highest BCUT2D eigenvalue weighted by Gasteiger charge is 2.57. The van der Waals surface area contributed by atoms with Gasteiger partial charge in [-0.25, -0.2) is 9.18 Å². The Labute approximate surface area is 185 Å². The number of esters is 1. The number of rotatable bonds is 5. The third kappa shape index (κ3) is 3.76. The predicted octanol–water partition coefficient (Wildman–Crippen LogP) is 4.07. The molecule has 4 rings (SSSR count). The second-order valence-electron chi connectivity index (χ2n) is 8.16. The molecule has 2 aliphatic rings. The first-order valence-corrected chi connectivity index (χ1v) is 11.2. The lowest BCUT2D eigenvalue weighted by molar-refractivity contribution is -0.152. The minimum absolute atomic E-state index is 0.132. The average Bonchev–Trinajstić information content (AvgIpc) is 3.28. The number of fused-ring (bicyclic) bond motifs is 1. The Morgan fingerprint density at radius 2 is 1.81 bits per heavy atom. The van der Waals surface area contributed by atoms with Crippen LogP contribution in [-0.2, 0) is 19.2 Å². The molecule has 0 bridgehead atoms. The summed E-state index contributed by atoms with van der Waals surface area (Å²) in [6, 6.07) is 9.04. The van der Waals surface area contributed by atoms with Crippen molar-refractivity contribution in [3.05, 3.63) is 70.0 Å². The summed E-state index contributed by atoms with van der Waals surface area (Å²) in [7, 11) is 0. The van der Waals surface area contributed by atoms with E-state index < -0.39 is 16.9 Å². The summed E-state index contributed by atoms with van der Waals surface area (Å²) in [6.45, 7) is 5.40. The van der Waals surface area contributed by atoms with Crippen LogP contribution in [0.3, 0.4) is 0 Å². The second-order valence-corrected chi connectivity index (χ2v) is 9.46. The molecule has 0 aromatic heterocycles. The number of hydrogen-bond acceptors (Lipinski definition) is 5. The minimum Gasteiger partial charge on any atom is -0.456 e. The molecular formula is C24H24FNO4S. The van der Waals surface area contributed by atoms with Gasteiger partial charge in [-0.3, -0.25) is 9.59 Å². The number of benzene rings is 2. The summed E-state index contributed by atoms with van der Waals surface area (Å²) >= 11 is 1.49. The number of aryl methyl sites for hydroxylation is 3. The van der Waals surface area contributed by atoms with E-state index in [0.717, 1.165) is 22.3 Å². The van der Waals surface area contributed by atoms with Crippen LogP contribution in [0.15, 0.2) is 36.4 Å². The average molecular weight is 442 g/mol. The van der Waals surface area contributed by atoms with E-state index in [1.165, 1.54) is 23.9 Å². The molecule has 5 nitrogen and oxygen atoms in total. The summed E-state index contributed by atoms with van der Waals surface area (Å²) in [6.07, 6.45) is 0.863. The number of amides is 1. The van der Waals surface area contributed by atoms with Gasteiger partial charge in [-0.05, 0) is 67.6 Å². The lowest BCUT2D eigenvalue weighted by Crippen LogP contribution is -2.47. The molecule has 2 aromatic carbocycles.